The fourth-order valence-corrected chi connectivity index (χ4v) is 5.40. The Balaban J connectivity index is 1.81. The van der Waals surface area contributed by atoms with Gasteiger partial charge in [-0.2, -0.15) is 0 Å². The maximum absolute atomic E-state index is 4.98. The van der Waals surface area contributed by atoms with Crippen LogP contribution in [0.25, 0.3) is 31.0 Å². The molecule has 26 heavy (non-hydrogen) atoms. The SMILES string of the molecule is CCC(C)(CC)c1nc2cc3sc(-c4ccc(C)c(C)c4)nc3cc2s1. The van der Waals surface area contributed by atoms with Gasteiger partial charge in [0.15, 0.2) is 0 Å². The van der Waals surface area contributed by atoms with Crippen LogP contribution in [0.15, 0.2) is 30.3 Å². The van der Waals surface area contributed by atoms with Gasteiger partial charge < -0.3 is 0 Å². The second-order valence-corrected chi connectivity index (χ2v) is 9.45. The third kappa shape index (κ3) is 2.85. The number of hydrogen-bond acceptors (Lipinski definition) is 4. The monoisotopic (exact) mass is 380 g/mol. The van der Waals surface area contributed by atoms with Crippen molar-refractivity contribution in [2.75, 3.05) is 0 Å². The molecule has 0 saturated carbocycles. The predicted molar refractivity (Wildman–Crippen MR) is 116 cm³/mol. The molecule has 0 aliphatic rings. The van der Waals surface area contributed by atoms with Crippen molar-refractivity contribution in [1.82, 2.24) is 9.97 Å². The highest BCUT2D eigenvalue weighted by molar-refractivity contribution is 7.22. The fraction of sp³-hybridized carbons (Fsp3) is 0.364. The van der Waals surface area contributed by atoms with E-state index in [2.05, 4.69) is 65.0 Å². The molecule has 0 aliphatic heterocycles. The highest BCUT2D eigenvalue weighted by Crippen LogP contribution is 2.39. The molecule has 0 radical (unpaired) electrons. The van der Waals surface area contributed by atoms with Crippen LogP contribution in [0.5, 0.6) is 0 Å². The summed E-state index contributed by atoms with van der Waals surface area (Å²) in [7, 11) is 0. The molecule has 4 heteroatoms. The number of hydrogen-bond donors (Lipinski definition) is 0. The van der Waals surface area contributed by atoms with Gasteiger partial charge in [-0.1, -0.05) is 32.9 Å². The number of nitrogens with zero attached hydrogens (tertiary/aromatic N) is 2. The first kappa shape index (κ1) is 17.6. The first-order valence-electron chi connectivity index (χ1n) is 9.22. The molecular formula is C22H24N2S2. The fourth-order valence-electron chi connectivity index (χ4n) is 3.16. The zero-order valence-corrected chi connectivity index (χ0v) is 17.6. The van der Waals surface area contributed by atoms with E-state index in [1.807, 2.05) is 11.3 Å². The number of fused-ring (bicyclic) bond motifs is 2. The minimum atomic E-state index is 0.176. The van der Waals surface area contributed by atoms with Crippen LogP contribution in [-0.2, 0) is 5.41 Å². The van der Waals surface area contributed by atoms with E-state index < -0.39 is 0 Å². The number of thiazole rings is 2. The second-order valence-electron chi connectivity index (χ2n) is 7.39. The summed E-state index contributed by atoms with van der Waals surface area (Å²) in [5.74, 6) is 0. The van der Waals surface area contributed by atoms with Crippen LogP contribution in [-0.4, -0.2) is 9.97 Å². The third-order valence-electron chi connectivity index (χ3n) is 5.73. The van der Waals surface area contributed by atoms with Gasteiger partial charge in [-0.15, -0.1) is 22.7 Å². The molecule has 0 amide bonds. The molecule has 0 spiro atoms. The second kappa shape index (κ2) is 6.43. The van der Waals surface area contributed by atoms with Crippen molar-refractivity contribution < 1.29 is 0 Å². The van der Waals surface area contributed by atoms with E-state index in [1.165, 1.54) is 31.1 Å². The van der Waals surface area contributed by atoms with Crippen molar-refractivity contribution in [3.63, 3.8) is 0 Å². The van der Waals surface area contributed by atoms with Crippen LogP contribution in [0.4, 0.5) is 0 Å². The summed E-state index contributed by atoms with van der Waals surface area (Å²) >= 11 is 3.59. The molecule has 0 saturated heterocycles. The predicted octanol–water partition coefficient (Wildman–Crippen LogP) is 7.27. The lowest BCUT2D eigenvalue weighted by Crippen LogP contribution is -2.18. The molecule has 0 fully saturated rings. The Morgan fingerprint density at radius 1 is 0.846 bits per heavy atom. The van der Waals surface area contributed by atoms with Crippen molar-refractivity contribution in [3.05, 3.63) is 46.5 Å². The maximum Gasteiger partial charge on any atom is 0.124 e. The Bertz CT molecular complexity index is 1050. The molecule has 2 aromatic carbocycles. The molecule has 0 atom stereocenters. The summed E-state index contributed by atoms with van der Waals surface area (Å²) in [6.45, 7) is 11.1. The Hall–Kier alpha value is -1.78. The molecule has 0 N–H and O–H groups in total. The van der Waals surface area contributed by atoms with Gasteiger partial charge in [-0.25, -0.2) is 9.97 Å². The molecule has 0 unspecified atom stereocenters. The zero-order chi connectivity index (χ0) is 18.5. The molecule has 2 nitrogen and oxygen atoms in total. The molecule has 2 aromatic heterocycles. The average molecular weight is 381 g/mol. The summed E-state index contributed by atoms with van der Waals surface area (Å²) in [5.41, 5.74) is 6.21. The Morgan fingerprint density at radius 3 is 2.15 bits per heavy atom. The van der Waals surface area contributed by atoms with E-state index in [-0.39, 0.29) is 5.41 Å². The maximum atomic E-state index is 4.98. The number of rotatable bonds is 4. The molecule has 4 aromatic rings. The van der Waals surface area contributed by atoms with Crippen LogP contribution < -0.4 is 0 Å². The molecule has 4 rings (SSSR count). The minimum absolute atomic E-state index is 0.176. The van der Waals surface area contributed by atoms with E-state index in [0.29, 0.717) is 0 Å². The van der Waals surface area contributed by atoms with Gasteiger partial charge in [-0.3, -0.25) is 0 Å². The van der Waals surface area contributed by atoms with Crippen molar-refractivity contribution in [2.45, 2.75) is 52.9 Å². The number of aromatic nitrogens is 2. The summed E-state index contributed by atoms with van der Waals surface area (Å²) in [5, 5.41) is 2.34. The molecule has 0 bridgehead atoms. The lowest BCUT2D eigenvalue weighted by atomic mass is 9.85. The van der Waals surface area contributed by atoms with Crippen LogP contribution in [0.3, 0.4) is 0 Å². The molecule has 2 heterocycles. The van der Waals surface area contributed by atoms with E-state index in [4.69, 9.17) is 9.97 Å². The van der Waals surface area contributed by atoms with Gasteiger partial charge in [-0.05, 0) is 56.0 Å². The lowest BCUT2D eigenvalue weighted by Gasteiger charge is -2.23. The highest BCUT2D eigenvalue weighted by Gasteiger charge is 2.26. The van der Waals surface area contributed by atoms with Crippen LogP contribution in [0, 0.1) is 13.8 Å². The molecular weight excluding hydrogens is 356 g/mol. The normalized spacial score (nSPS) is 12.3. The minimum Gasteiger partial charge on any atom is -0.241 e. The van der Waals surface area contributed by atoms with E-state index in [9.17, 15) is 0 Å². The van der Waals surface area contributed by atoms with E-state index >= 15 is 0 Å². The largest absolute Gasteiger partial charge is 0.241 e. The van der Waals surface area contributed by atoms with Gasteiger partial charge >= 0.3 is 0 Å². The van der Waals surface area contributed by atoms with Crippen LogP contribution in [0.2, 0.25) is 0 Å². The van der Waals surface area contributed by atoms with Crippen molar-refractivity contribution >= 4 is 43.1 Å². The summed E-state index contributed by atoms with van der Waals surface area (Å²) in [4.78, 5) is 9.89. The van der Waals surface area contributed by atoms with Crippen LogP contribution in [0.1, 0.15) is 49.7 Å². The first-order chi connectivity index (χ1) is 12.4. The number of benzene rings is 2. The van der Waals surface area contributed by atoms with Gasteiger partial charge in [0.05, 0.1) is 25.4 Å². The summed E-state index contributed by atoms with van der Waals surface area (Å²) in [6, 6.07) is 11.0. The first-order valence-corrected chi connectivity index (χ1v) is 10.9. The van der Waals surface area contributed by atoms with Gasteiger partial charge in [0.1, 0.15) is 5.01 Å². The smallest absolute Gasteiger partial charge is 0.124 e. The average Bonchev–Trinajstić information content (AvgIpc) is 3.24. The molecule has 134 valence electrons. The lowest BCUT2D eigenvalue weighted by molar-refractivity contribution is 0.437. The van der Waals surface area contributed by atoms with Crippen LogP contribution >= 0.6 is 22.7 Å². The van der Waals surface area contributed by atoms with E-state index in [0.717, 1.165) is 28.9 Å². The van der Waals surface area contributed by atoms with Gasteiger partial charge in [0.25, 0.3) is 0 Å². The Labute approximate surface area is 162 Å². The van der Waals surface area contributed by atoms with Crippen molar-refractivity contribution in [2.24, 2.45) is 0 Å². The Morgan fingerprint density at radius 2 is 1.50 bits per heavy atom. The standard InChI is InChI=1S/C22H24N2S2/c1-6-22(5,7-2)21-24-17-12-18-16(11-19(17)26-21)23-20(25-18)15-9-8-13(3)14(4)10-15/h8-12H,6-7H2,1-5H3. The topological polar surface area (TPSA) is 25.8 Å². The zero-order valence-electron chi connectivity index (χ0n) is 16.0. The third-order valence-corrected chi connectivity index (χ3v) is 8.12. The van der Waals surface area contributed by atoms with Crippen molar-refractivity contribution in [1.29, 1.82) is 0 Å². The number of aryl methyl sites for hydroxylation is 2. The van der Waals surface area contributed by atoms with E-state index in [1.54, 1.807) is 11.3 Å². The van der Waals surface area contributed by atoms with Crippen molar-refractivity contribution in [3.8, 4) is 10.6 Å². The Kier molecular flexibility index (Phi) is 4.36. The van der Waals surface area contributed by atoms with Gasteiger partial charge in [0, 0.05) is 11.0 Å². The highest BCUT2D eigenvalue weighted by atomic mass is 32.1. The summed E-state index contributed by atoms with van der Waals surface area (Å²) in [6.07, 6.45) is 2.24. The quantitative estimate of drug-likeness (QED) is 0.372. The molecule has 0 aliphatic carbocycles. The summed E-state index contributed by atoms with van der Waals surface area (Å²) < 4.78 is 2.47. The van der Waals surface area contributed by atoms with Gasteiger partial charge in [0.2, 0.25) is 0 Å².